The maximum Gasteiger partial charge on any atom is 0.149 e. The van der Waals surface area contributed by atoms with Gasteiger partial charge in [0.25, 0.3) is 0 Å². The van der Waals surface area contributed by atoms with Crippen molar-refractivity contribution < 1.29 is 27.4 Å². The Morgan fingerprint density at radius 2 is 0.830 bits per heavy atom. The monoisotopic (exact) mass is 1190 g/mol. The van der Waals surface area contributed by atoms with E-state index in [2.05, 4.69) is 132 Å². The number of halogens is 3. The molecule has 3 saturated heterocycles. The van der Waals surface area contributed by atoms with Crippen LogP contribution in [0.3, 0.4) is 0 Å². The molecule has 12 heteroatoms. The normalized spacial score (nSPS) is 19.4. The van der Waals surface area contributed by atoms with Crippen molar-refractivity contribution >= 4 is 32.7 Å². The molecule has 6 heterocycles. The Morgan fingerprint density at radius 1 is 0.443 bits per heavy atom. The summed E-state index contributed by atoms with van der Waals surface area (Å²) < 4.78 is 61.4. The summed E-state index contributed by atoms with van der Waals surface area (Å²) in [6, 6.07) is 52.7. The van der Waals surface area contributed by atoms with Gasteiger partial charge in [-0.25, -0.2) is 18.2 Å². The van der Waals surface area contributed by atoms with Gasteiger partial charge in [-0.1, -0.05) is 125 Å². The SMILES string of the molecule is CC.CC.Cc1cc(OC2CC(C)(C)N(Cc3ccccc3)C(C)(C)C2)c2ccccc2n1.Cc1cc(OC2CCN(Cc3ccccc3F)C(C)C2)c2cccc(F)c2n1.Cc1cc(OC2CCN(Cc3ccccc3F)C(C)C2)c2ccccc2n1. The number of aryl methyl sites for hydroxylation is 3. The van der Waals surface area contributed by atoms with Crippen LogP contribution in [0.1, 0.15) is 142 Å². The van der Waals surface area contributed by atoms with E-state index in [1.165, 1.54) is 23.8 Å². The summed E-state index contributed by atoms with van der Waals surface area (Å²) in [5.74, 6) is 1.94. The molecular weight excluding hydrogens is 1100 g/mol. The molecule has 466 valence electrons. The van der Waals surface area contributed by atoms with Crippen LogP contribution in [0.5, 0.6) is 17.2 Å². The van der Waals surface area contributed by atoms with Gasteiger partial charge >= 0.3 is 0 Å². The molecular formula is C76H93F3N6O3. The third kappa shape index (κ3) is 17.1. The van der Waals surface area contributed by atoms with E-state index >= 15 is 0 Å². The van der Waals surface area contributed by atoms with Crippen molar-refractivity contribution in [1.82, 2.24) is 29.7 Å². The second kappa shape index (κ2) is 30.7. The topological polar surface area (TPSA) is 76.1 Å². The molecule has 12 rings (SSSR count). The summed E-state index contributed by atoms with van der Waals surface area (Å²) in [5.41, 5.74) is 7.95. The van der Waals surface area contributed by atoms with Gasteiger partial charge in [0, 0.05) is 131 Å². The lowest BCUT2D eigenvalue weighted by molar-refractivity contribution is -0.0785. The zero-order valence-electron chi connectivity index (χ0n) is 54.3. The van der Waals surface area contributed by atoms with E-state index in [4.69, 9.17) is 14.2 Å². The molecule has 0 aliphatic carbocycles. The van der Waals surface area contributed by atoms with Crippen LogP contribution in [0.25, 0.3) is 32.7 Å². The third-order valence-corrected chi connectivity index (χ3v) is 17.1. The van der Waals surface area contributed by atoms with Gasteiger partial charge in [0.15, 0.2) is 0 Å². The fourth-order valence-corrected chi connectivity index (χ4v) is 12.9. The highest BCUT2D eigenvalue weighted by molar-refractivity contribution is 5.87. The molecule has 3 aromatic heterocycles. The Hall–Kier alpha value is -7.38. The number of aromatic nitrogens is 3. The number of hydrogen-bond donors (Lipinski definition) is 0. The van der Waals surface area contributed by atoms with Gasteiger partial charge < -0.3 is 14.2 Å². The van der Waals surface area contributed by atoms with Crippen molar-refractivity contribution in [2.24, 2.45) is 0 Å². The van der Waals surface area contributed by atoms with E-state index in [0.29, 0.717) is 35.8 Å². The molecule has 3 aliphatic heterocycles. The Morgan fingerprint density at radius 3 is 1.30 bits per heavy atom. The molecule has 0 spiro atoms. The number of likely N-dealkylation sites (tertiary alicyclic amines) is 3. The molecule has 0 bridgehead atoms. The molecule has 9 nitrogen and oxygen atoms in total. The summed E-state index contributed by atoms with van der Waals surface area (Å²) in [4.78, 5) is 20.8. The maximum absolute atomic E-state index is 14.1. The summed E-state index contributed by atoms with van der Waals surface area (Å²) >= 11 is 0. The minimum Gasteiger partial charge on any atom is -0.490 e. The number of fused-ring (bicyclic) bond motifs is 3. The van der Waals surface area contributed by atoms with E-state index in [0.717, 1.165) is 120 Å². The molecule has 0 saturated carbocycles. The number of para-hydroxylation sites is 3. The molecule has 4 atom stereocenters. The van der Waals surface area contributed by atoms with Crippen LogP contribution in [0, 0.1) is 38.2 Å². The Kier molecular flexibility index (Phi) is 23.2. The largest absolute Gasteiger partial charge is 0.490 e. The fourth-order valence-electron chi connectivity index (χ4n) is 12.9. The van der Waals surface area contributed by atoms with Crippen molar-refractivity contribution in [3.8, 4) is 17.2 Å². The second-order valence-electron chi connectivity index (χ2n) is 24.7. The van der Waals surface area contributed by atoms with E-state index in [9.17, 15) is 13.2 Å². The smallest absolute Gasteiger partial charge is 0.149 e. The average molecular weight is 1200 g/mol. The van der Waals surface area contributed by atoms with Crippen LogP contribution in [0.15, 0.2) is 164 Å². The molecule has 0 amide bonds. The van der Waals surface area contributed by atoms with Crippen molar-refractivity contribution in [3.63, 3.8) is 0 Å². The zero-order valence-corrected chi connectivity index (χ0v) is 54.3. The van der Waals surface area contributed by atoms with Gasteiger partial charge in [-0.15, -0.1) is 0 Å². The zero-order chi connectivity index (χ0) is 63.1. The molecule has 0 radical (unpaired) electrons. The lowest BCUT2D eigenvalue weighted by Crippen LogP contribution is -2.62. The van der Waals surface area contributed by atoms with Crippen LogP contribution in [0.4, 0.5) is 13.2 Å². The predicted octanol–water partition coefficient (Wildman–Crippen LogP) is 18.6. The van der Waals surface area contributed by atoms with Crippen molar-refractivity contribution in [2.75, 3.05) is 13.1 Å². The number of nitrogens with zero attached hydrogens (tertiary/aromatic N) is 6. The molecule has 88 heavy (non-hydrogen) atoms. The minimum atomic E-state index is -0.334. The van der Waals surface area contributed by atoms with Gasteiger partial charge in [-0.3, -0.25) is 24.7 Å². The van der Waals surface area contributed by atoms with Crippen LogP contribution in [-0.4, -0.2) is 84.2 Å². The summed E-state index contributed by atoms with van der Waals surface area (Å²) in [6.45, 7) is 31.6. The number of ether oxygens (including phenoxy) is 3. The van der Waals surface area contributed by atoms with Crippen LogP contribution >= 0.6 is 0 Å². The highest BCUT2D eigenvalue weighted by Gasteiger charge is 2.46. The Labute approximate surface area is 522 Å². The van der Waals surface area contributed by atoms with Crippen LogP contribution in [-0.2, 0) is 19.6 Å². The minimum absolute atomic E-state index is 0.0418. The number of pyridine rings is 3. The van der Waals surface area contributed by atoms with Crippen molar-refractivity contribution in [2.45, 2.75) is 190 Å². The Balaban J connectivity index is 0.000000166. The molecule has 3 aliphatic rings. The van der Waals surface area contributed by atoms with Crippen LogP contribution in [0.2, 0.25) is 0 Å². The molecule has 0 N–H and O–H groups in total. The summed E-state index contributed by atoms with van der Waals surface area (Å²) in [7, 11) is 0. The first-order valence-electron chi connectivity index (χ1n) is 31.9. The molecule has 4 unspecified atom stereocenters. The number of rotatable bonds is 12. The van der Waals surface area contributed by atoms with Gasteiger partial charge in [0.1, 0.15) is 58.5 Å². The summed E-state index contributed by atoms with van der Waals surface area (Å²) in [5, 5.41) is 2.86. The number of benzene rings is 6. The lowest BCUT2D eigenvalue weighted by atomic mass is 9.77. The van der Waals surface area contributed by atoms with Crippen LogP contribution < -0.4 is 14.2 Å². The first-order chi connectivity index (χ1) is 42.3. The lowest BCUT2D eigenvalue weighted by Gasteiger charge is -2.55. The Bertz CT molecular complexity index is 3670. The highest BCUT2D eigenvalue weighted by Crippen LogP contribution is 2.42. The quantitative estimate of drug-likeness (QED) is 0.119. The predicted molar refractivity (Wildman–Crippen MR) is 356 cm³/mol. The van der Waals surface area contributed by atoms with Crippen molar-refractivity contribution in [3.05, 3.63) is 215 Å². The van der Waals surface area contributed by atoms with Gasteiger partial charge in [0.2, 0.25) is 0 Å². The third-order valence-electron chi connectivity index (χ3n) is 17.1. The number of hydrogen-bond acceptors (Lipinski definition) is 9. The van der Waals surface area contributed by atoms with E-state index < -0.39 is 0 Å². The van der Waals surface area contributed by atoms with E-state index in [-0.39, 0.29) is 52.9 Å². The standard InChI is InChI=1S/C26H32N2O.C23H24F2N2O.C23H25FN2O.2C2H6/c1-19-15-24(22-13-9-10-14-23(22)27-19)29-21-16-25(2,3)28(26(4,5)17-21)18-20-11-7-6-8-12-20;1-15-12-22(19-7-5-9-21(25)23(19)26-15)28-18-10-11-27(16(2)13-18)14-17-6-3-4-8-20(17)24;1-16-13-23(20-8-4-6-10-22(20)25-16)27-19-11-12-26(17(2)14-19)15-18-7-3-5-9-21(18)24;2*1-2/h6-15,21H,16-18H2,1-5H3;3-9,12,16,18H,10-11,13-14H2,1-2H3;3-10,13,17,19H,11-12,14-15H2,1-2H3;2*1-2H3. The van der Waals surface area contributed by atoms with Crippen molar-refractivity contribution in [1.29, 1.82) is 0 Å². The highest BCUT2D eigenvalue weighted by atomic mass is 19.1. The van der Waals surface area contributed by atoms with Gasteiger partial charge in [-0.2, -0.15) is 0 Å². The molecule has 3 fully saturated rings. The summed E-state index contributed by atoms with van der Waals surface area (Å²) in [6.07, 6.45) is 5.94. The van der Waals surface area contributed by atoms with E-state index in [1.807, 2.05) is 115 Å². The van der Waals surface area contributed by atoms with E-state index in [1.54, 1.807) is 18.2 Å². The first kappa shape index (κ1) is 66.6. The molecule has 9 aromatic rings. The van der Waals surface area contributed by atoms with Gasteiger partial charge in [-0.05, 0) is 142 Å². The number of piperidine rings is 3. The van der Waals surface area contributed by atoms with Gasteiger partial charge in [0.05, 0.1) is 11.0 Å². The average Bonchev–Trinajstić information content (AvgIpc) is 0.995. The maximum atomic E-state index is 14.1. The fraction of sp³-hybridized carbons (Fsp3) is 0.408. The second-order valence-corrected chi connectivity index (χ2v) is 24.7. The first-order valence-corrected chi connectivity index (χ1v) is 31.9. The molecule has 6 aromatic carbocycles.